The molecular formula is C12H16F2N2O. The second kappa shape index (κ2) is 6.30. The highest BCUT2D eigenvalue weighted by Gasteiger charge is 2.10. The van der Waals surface area contributed by atoms with E-state index < -0.39 is 11.6 Å². The lowest BCUT2D eigenvalue weighted by Gasteiger charge is -2.15. The third-order valence-electron chi connectivity index (χ3n) is 2.38. The molecule has 1 amide bonds. The number of amides is 1. The molecule has 0 aliphatic rings. The van der Waals surface area contributed by atoms with Gasteiger partial charge in [0.1, 0.15) is 11.6 Å². The molecular weight excluding hydrogens is 226 g/mol. The van der Waals surface area contributed by atoms with E-state index in [0.29, 0.717) is 18.7 Å². The predicted octanol–water partition coefficient (Wildman–Crippen LogP) is 1.75. The molecule has 5 heteroatoms. The number of carbonyl (C=O) groups excluding carboxylic acids is 1. The molecule has 0 bridgehead atoms. The summed E-state index contributed by atoms with van der Waals surface area (Å²) in [4.78, 5) is 10.6. The van der Waals surface area contributed by atoms with Crippen molar-refractivity contribution in [2.75, 3.05) is 13.1 Å². The van der Waals surface area contributed by atoms with Crippen molar-refractivity contribution in [3.63, 3.8) is 0 Å². The SMILES string of the molecule is CC(=O)NCCNC(C)c1ccc(F)cc1F. The Morgan fingerprint density at radius 2 is 2.06 bits per heavy atom. The van der Waals surface area contributed by atoms with E-state index in [1.807, 2.05) is 0 Å². The van der Waals surface area contributed by atoms with E-state index in [-0.39, 0.29) is 11.9 Å². The van der Waals surface area contributed by atoms with E-state index in [0.717, 1.165) is 6.07 Å². The molecule has 1 aromatic rings. The van der Waals surface area contributed by atoms with E-state index in [1.165, 1.54) is 19.1 Å². The Kier molecular flexibility index (Phi) is 5.03. The second-order valence-corrected chi connectivity index (χ2v) is 3.82. The highest BCUT2D eigenvalue weighted by atomic mass is 19.1. The summed E-state index contributed by atoms with van der Waals surface area (Å²) in [6.45, 7) is 4.22. The first-order chi connectivity index (χ1) is 8.00. The molecule has 0 saturated heterocycles. The van der Waals surface area contributed by atoms with Crippen LogP contribution in [0.4, 0.5) is 8.78 Å². The fourth-order valence-corrected chi connectivity index (χ4v) is 1.49. The minimum atomic E-state index is -0.586. The Morgan fingerprint density at radius 3 is 2.65 bits per heavy atom. The van der Waals surface area contributed by atoms with E-state index in [1.54, 1.807) is 6.92 Å². The summed E-state index contributed by atoms with van der Waals surface area (Å²) in [5.41, 5.74) is 0.411. The van der Waals surface area contributed by atoms with Crippen LogP contribution in [-0.4, -0.2) is 19.0 Å². The summed E-state index contributed by atoms with van der Waals surface area (Å²) in [5.74, 6) is -1.26. The number of nitrogens with one attached hydrogen (secondary N) is 2. The van der Waals surface area contributed by atoms with Crippen LogP contribution in [0.25, 0.3) is 0 Å². The van der Waals surface area contributed by atoms with Gasteiger partial charge in [-0.1, -0.05) is 6.07 Å². The van der Waals surface area contributed by atoms with E-state index >= 15 is 0 Å². The van der Waals surface area contributed by atoms with Crippen molar-refractivity contribution in [3.05, 3.63) is 35.4 Å². The zero-order valence-corrected chi connectivity index (χ0v) is 9.89. The van der Waals surface area contributed by atoms with Crippen LogP contribution in [0.2, 0.25) is 0 Å². The standard InChI is InChI=1S/C12H16F2N2O/c1-8(15-5-6-16-9(2)17)11-4-3-10(13)7-12(11)14/h3-4,7-8,15H,5-6H2,1-2H3,(H,16,17). The summed E-state index contributed by atoms with van der Waals surface area (Å²) in [7, 11) is 0. The van der Waals surface area contributed by atoms with Crippen molar-refractivity contribution < 1.29 is 13.6 Å². The Hall–Kier alpha value is -1.49. The lowest BCUT2D eigenvalue weighted by atomic mass is 10.1. The third-order valence-corrected chi connectivity index (χ3v) is 2.38. The van der Waals surface area contributed by atoms with Crippen LogP contribution in [-0.2, 0) is 4.79 Å². The molecule has 94 valence electrons. The molecule has 0 aliphatic heterocycles. The van der Waals surface area contributed by atoms with Crippen molar-refractivity contribution in [2.24, 2.45) is 0 Å². The van der Waals surface area contributed by atoms with Gasteiger partial charge in [0.15, 0.2) is 0 Å². The maximum absolute atomic E-state index is 13.4. The van der Waals surface area contributed by atoms with Gasteiger partial charge in [0.2, 0.25) is 5.91 Å². The van der Waals surface area contributed by atoms with Crippen molar-refractivity contribution in [1.82, 2.24) is 10.6 Å². The monoisotopic (exact) mass is 242 g/mol. The van der Waals surface area contributed by atoms with E-state index in [2.05, 4.69) is 10.6 Å². The lowest BCUT2D eigenvalue weighted by Crippen LogP contribution is -2.31. The molecule has 0 fully saturated rings. The topological polar surface area (TPSA) is 41.1 Å². The molecule has 3 nitrogen and oxygen atoms in total. The van der Waals surface area contributed by atoms with Crippen molar-refractivity contribution in [2.45, 2.75) is 19.9 Å². The van der Waals surface area contributed by atoms with Crippen molar-refractivity contribution in [1.29, 1.82) is 0 Å². The zero-order valence-electron chi connectivity index (χ0n) is 9.89. The molecule has 1 aromatic carbocycles. The molecule has 0 aromatic heterocycles. The maximum Gasteiger partial charge on any atom is 0.216 e. The molecule has 0 heterocycles. The Bertz CT molecular complexity index is 396. The van der Waals surface area contributed by atoms with Crippen LogP contribution < -0.4 is 10.6 Å². The summed E-state index contributed by atoms with van der Waals surface area (Å²) in [6, 6.07) is 3.27. The van der Waals surface area contributed by atoms with Crippen LogP contribution in [0.5, 0.6) is 0 Å². The Morgan fingerprint density at radius 1 is 1.35 bits per heavy atom. The van der Waals surface area contributed by atoms with Crippen LogP contribution in [0.1, 0.15) is 25.5 Å². The van der Waals surface area contributed by atoms with Gasteiger partial charge < -0.3 is 10.6 Å². The second-order valence-electron chi connectivity index (χ2n) is 3.82. The van der Waals surface area contributed by atoms with E-state index in [9.17, 15) is 13.6 Å². The van der Waals surface area contributed by atoms with E-state index in [4.69, 9.17) is 0 Å². The van der Waals surface area contributed by atoms with Gasteiger partial charge in [-0.3, -0.25) is 4.79 Å². The molecule has 1 unspecified atom stereocenters. The average Bonchev–Trinajstić information content (AvgIpc) is 2.23. The molecule has 0 radical (unpaired) electrons. The number of hydrogen-bond acceptors (Lipinski definition) is 2. The number of hydrogen-bond donors (Lipinski definition) is 2. The van der Waals surface area contributed by atoms with Gasteiger partial charge >= 0.3 is 0 Å². The molecule has 1 rings (SSSR count). The zero-order chi connectivity index (χ0) is 12.8. The highest BCUT2D eigenvalue weighted by molar-refractivity contribution is 5.72. The van der Waals surface area contributed by atoms with Crippen LogP contribution >= 0.6 is 0 Å². The van der Waals surface area contributed by atoms with Gasteiger partial charge in [-0.15, -0.1) is 0 Å². The number of benzene rings is 1. The van der Waals surface area contributed by atoms with Gasteiger partial charge in [-0.2, -0.15) is 0 Å². The molecule has 1 atom stereocenters. The normalized spacial score (nSPS) is 12.2. The first-order valence-electron chi connectivity index (χ1n) is 5.43. The van der Waals surface area contributed by atoms with Crippen molar-refractivity contribution in [3.8, 4) is 0 Å². The fourth-order valence-electron chi connectivity index (χ4n) is 1.49. The van der Waals surface area contributed by atoms with Gasteiger partial charge in [0.25, 0.3) is 0 Å². The molecule has 2 N–H and O–H groups in total. The Labute approximate surface area is 99.2 Å². The van der Waals surface area contributed by atoms with Gasteiger partial charge in [0.05, 0.1) is 0 Å². The molecule has 0 spiro atoms. The molecule has 0 saturated carbocycles. The minimum absolute atomic E-state index is 0.104. The van der Waals surface area contributed by atoms with Crippen LogP contribution in [0, 0.1) is 11.6 Å². The van der Waals surface area contributed by atoms with Gasteiger partial charge in [0, 0.05) is 37.7 Å². The van der Waals surface area contributed by atoms with Gasteiger partial charge in [-0.25, -0.2) is 8.78 Å². The first kappa shape index (κ1) is 13.6. The fraction of sp³-hybridized carbons (Fsp3) is 0.417. The van der Waals surface area contributed by atoms with Crippen LogP contribution in [0.3, 0.4) is 0 Å². The van der Waals surface area contributed by atoms with Crippen LogP contribution in [0.15, 0.2) is 18.2 Å². The highest BCUT2D eigenvalue weighted by Crippen LogP contribution is 2.17. The first-order valence-corrected chi connectivity index (χ1v) is 5.43. The molecule has 17 heavy (non-hydrogen) atoms. The Balaban J connectivity index is 2.46. The molecule has 0 aliphatic carbocycles. The predicted molar refractivity (Wildman–Crippen MR) is 61.5 cm³/mol. The van der Waals surface area contributed by atoms with Crippen molar-refractivity contribution >= 4 is 5.91 Å². The summed E-state index contributed by atoms with van der Waals surface area (Å²) in [5, 5.41) is 5.66. The third kappa shape index (κ3) is 4.48. The smallest absolute Gasteiger partial charge is 0.216 e. The maximum atomic E-state index is 13.4. The average molecular weight is 242 g/mol. The van der Waals surface area contributed by atoms with Gasteiger partial charge in [-0.05, 0) is 13.0 Å². The number of halogens is 2. The summed E-state index contributed by atoms with van der Waals surface area (Å²) >= 11 is 0. The summed E-state index contributed by atoms with van der Waals surface area (Å²) in [6.07, 6.45) is 0. The quantitative estimate of drug-likeness (QED) is 0.772. The number of rotatable bonds is 5. The minimum Gasteiger partial charge on any atom is -0.355 e. The number of carbonyl (C=O) groups is 1. The largest absolute Gasteiger partial charge is 0.355 e. The lowest BCUT2D eigenvalue weighted by molar-refractivity contribution is -0.118. The summed E-state index contributed by atoms with van der Waals surface area (Å²) < 4.78 is 26.1.